The van der Waals surface area contributed by atoms with Gasteiger partial charge < -0.3 is 9.47 Å². The second kappa shape index (κ2) is 7.06. The van der Waals surface area contributed by atoms with E-state index in [9.17, 15) is 24.5 Å². The lowest BCUT2D eigenvalue weighted by atomic mass is 9.75. The van der Waals surface area contributed by atoms with Gasteiger partial charge in [0, 0.05) is 17.2 Å². The lowest BCUT2D eigenvalue weighted by Crippen LogP contribution is -2.51. The molecule has 1 unspecified atom stereocenters. The Balaban J connectivity index is 1.51. The first kappa shape index (κ1) is 20.7. The van der Waals surface area contributed by atoms with Crippen molar-refractivity contribution in [2.24, 2.45) is 11.8 Å². The quantitative estimate of drug-likeness (QED) is 0.387. The highest BCUT2D eigenvalue weighted by atomic mass is 16.6. The lowest BCUT2D eigenvalue weighted by Gasteiger charge is -2.38. The number of nitro benzene ring substituents is 1. The highest BCUT2D eigenvalue weighted by molar-refractivity contribution is 6.12. The Hall–Kier alpha value is -3.88. The average molecular weight is 460 g/mol. The van der Waals surface area contributed by atoms with Crippen LogP contribution in [-0.4, -0.2) is 39.8 Å². The molecule has 0 N–H and O–H groups in total. The Labute approximate surface area is 193 Å². The fraction of sp³-hybridized carbons (Fsp3) is 0.360. The zero-order chi connectivity index (χ0) is 23.8. The number of nitro groups is 1. The summed E-state index contributed by atoms with van der Waals surface area (Å²) in [6, 6.07) is 6.42. The summed E-state index contributed by atoms with van der Waals surface area (Å²) in [6.45, 7) is 1.55. The molecule has 2 atom stereocenters. The first-order valence-corrected chi connectivity index (χ1v) is 11.3. The van der Waals surface area contributed by atoms with Crippen LogP contribution in [0.4, 0.5) is 5.69 Å². The van der Waals surface area contributed by atoms with Gasteiger partial charge in [-0.1, -0.05) is 13.0 Å². The number of allylic oxidation sites excluding steroid dienone is 1. The van der Waals surface area contributed by atoms with E-state index in [1.54, 1.807) is 31.2 Å². The van der Waals surface area contributed by atoms with Gasteiger partial charge in [0.1, 0.15) is 6.61 Å². The monoisotopic (exact) mass is 460 g/mol. The van der Waals surface area contributed by atoms with Crippen molar-refractivity contribution >= 4 is 39.9 Å². The number of ether oxygens (including phenoxy) is 2. The molecule has 3 aliphatic carbocycles. The maximum atomic E-state index is 13.6. The number of pyridine rings is 1. The van der Waals surface area contributed by atoms with Gasteiger partial charge in [-0.15, -0.1) is 0 Å². The molecule has 34 heavy (non-hydrogen) atoms. The molecule has 1 aromatic carbocycles. The summed E-state index contributed by atoms with van der Waals surface area (Å²) in [5, 5.41) is 11.9. The van der Waals surface area contributed by atoms with Crippen LogP contribution in [0.25, 0.3) is 16.5 Å². The number of benzene rings is 1. The molecule has 0 amide bonds. The fourth-order valence-corrected chi connectivity index (χ4v) is 5.22. The van der Waals surface area contributed by atoms with Crippen LogP contribution < -0.4 is 0 Å². The number of cyclic esters (lactones) is 1. The molecule has 1 aliphatic heterocycles. The van der Waals surface area contributed by atoms with Gasteiger partial charge in [0.15, 0.2) is 5.78 Å². The highest BCUT2D eigenvalue weighted by Gasteiger charge is 2.54. The highest BCUT2D eigenvalue weighted by Crippen LogP contribution is 2.48. The number of fused-ring (bicyclic) bond motifs is 4. The van der Waals surface area contributed by atoms with Crippen molar-refractivity contribution in [3.8, 4) is 0 Å². The zero-order valence-electron chi connectivity index (χ0n) is 18.3. The van der Waals surface area contributed by atoms with Gasteiger partial charge in [0.05, 0.1) is 33.4 Å². The minimum atomic E-state index is -1.67. The molecule has 0 bridgehead atoms. The maximum Gasteiger partial charge on any atom is 0.355 e. The van der Waals surface area contributed by atoms with E-state index < -0.39 is 28.4 Å². The van der Waals surface area contributed by atoms with Crippen molar-refractivity contribution in [3.05, 3.63) is 62.9 Å². The Morgan fingerprint density at radius 2 is 2.12 bits per heavy atom. The van der Waals surface area contributed by atoms with Gasteiger partial charge in [-0.2, -0.15) is 0 Å². The summed E-state index contributed by atoms with van der Waals surface area (Å²) in [5.74, 6) is -2.08. The molecular formula is C25H20N2O7. The summed E-state index contributed by atoms with van der Waals surface area (Å²) in [4.78, 5) is 54.8. The number of Topliss-reactive ketones (excluding diaryl/α,β-unsaturated/α-hetero) is 1. The topological polar surface area (TPSA) is 126 Å². The third-order valence-electron chi connectivity index (χ3n) is 7.22. The summed E-state index contributed by atoms with van der Waals surface area (Å²) in [5.41, 5.74) is 1.39. The molecule has 0 saturated heterocycles. The van der Waals surface area contributed by atoms with E-state index in [1.807, 2.05) is 0 Å². The summed E-state index contributed by atoms with van der Waals surface area (Å²) < 4.78 is 11.1. The minimum Gasteiger partial charge on any atom is -0.457 e. The maximum absolute atomic E-state index is 13.6. The van der Waals surface area contributed by atoms with Crippen LogP contribution in [0.15, 0.2) is 41.5 Å². The number of esters is 2. The van der Waals surface area contributed by atoms with Gasteiger partial charge in [-0.3, -0.25) is 19.7 Å². The van der Waals surface area contributed by atoms with E-state index >= 15 is 0 Å². The molecule has 1 aromatic heterocycles. The molecule has 0 spiro atoms. The Bertz CT molecular complexity index is 1400. The van der Waals surface area contributed by atoms with Crippen LogP contribution >= 0.6 is 0 Å². The zero-order valence-corrected chi connectivity index (χ0v) is 18.3. The molecule has 2 heterocycles. The van der Waals surface area contributed by atoms with Crippen LogP contribution in [-0.2, 0) is 30.3 Å². The molecule has 9 heteroatoms. The number of carbonyl (C=O) groups is 3. The van der Waals surface area contributed by atoms with E-state index in [1.165, 1.54) is 6.07 Å². The van der Waals surface area contributed by atoms with Gasteiger partial charge in [0.25, 0.3) is 5.69 Å². The van der Waals surface area contributed by atoms with Crippen molar-refractivity contribution in [1.29, 1.82) is 0 Å². The molecule has 6 rings (SSSR count). The normalized spacial score (nSPS) is 25.3. The van der Waals surface area contributed by atoms with Gasteiger partial charge in [-0.25, -0.2) is 9.78 Å². The van der Waals surface area contributed by atoms with Gasteiger partial charge in [-0.05, 0) is 55.0 Å². The van der Waals surface area contributed by atoms with Crippen molar-refractivity contribution in [2.45, 2.75) is 38.2 Å². The first-order chi connectivity index (χ1) is 16.3. The second-order valence-electron chi connectivity index (χ2n) is 9.16. The molecule has 2 aromatic rings. The van der Waals surface area contributed by atoms with Gasteiger partial charge in [0.2, 0.25) is 5.60 Å². The molecule has 9 nitrogen and oxygen atoms in total. The standard InChI is InChI=1S/C25H20N2O7/c1-2-25(34-23(29)12-6-7-12)18-10-14-15(22(28)17(18)11-33-24(25)30)8-13-9-16-19(26-21(13)14)4-3-5-20(16)27(31)32/h3-5,9-10,12,15H,2,6-8,11H2,1H3/t15?,25-/m0/s1. The fourth-order valence-electron chi connectivity index (χ4n) is 5.22. The smallest absolute Gasteiger partial charge is 0.355 e. The van der Waals surface area contributed by atoms with Gasteiger partial charge >= 0.3 is 11.9 Å². The Morgan fingerprint density at radius 1 is 1.32 bits per heavy atom. The van der Waals surface area contributed by atoms with Crippen molar-refractivity contribution < 1.29 is 28.8 Å². The average Bonchev–Trinajstić information content (AvgIpc) is 3.62. The molecule has 172 valence electrons. The van der Waals surface area contributed by atoms with E-state index in [2.05, 4.69) is 4.98 Å². The predicted molar refractivity (Wildman–Crippen MR) is 118 cm³/mol. The predicted octanol–water partition coefficient (Wildman–Crippen LogP) is 3.24. The number of nitrogens with zero attached hydrogens (tertiary/aromatic N) is 2. The Kier molecular flexibility index (Phi) is 4.30. The number of non-ortho nitro benzene ring substituents is 1. The number of hydrogen-bond donors (Lipinski definition) is 0. The van der Waals surface area contributed by atoms with Crippen LogP contribution in [0.1, 0.15) is 37.4 Å². The lowest BCUT2D eigenvalue weighted by molar-refractivity contribution is -0.383. The van der Waals surface area contributed by atoms with E-state index in [-0.39, 0.29) is 30.4 Å². The third kappa shape index (κ3) is 2.79. The first-order valence-electron chi connectivity index (χ1n) is 11.3. The van der Waals surface area contributed by atoms with Crippen molar-refractivity contribution in [3.63, 3.8) is 0 Å². The Morgan fingerprint density at radius 3 is 2.82 bits per heavy atom. The van der Waals surface area contributed by atoms with Crippen molar-refractivity contribution in [2.75, 3.05) is 6.61 Å². The number of aromatic nitrogens is 1. The number of carbonyl (C=O) groups excluding carboxylic acids is 3. The molecular weight excluding hydrogens is 440 g/mol. The summed E-state index contributed by atoms with van der Waals surface area (Å²) in [6.07, 6.45) is 3.68. The minimum absolute atomic E-state index is 0.0450. The number of rotatable bonds is 4. The van der Waals surface area contributed by atoms with Crippen LogP contribution in [0.2, 0.25) is 0 Å². The largest absolute Gasteiger partial charge is 0.457 e. The SMILES string of the molecule is CC[C@@]1(OC(=O)C2CC2)C(=O)OCC2=C1C=C1c3nc4cccc([N+](=O)[O-])c4cc3CC1C2=O. The third-order valence-corrected chi connectivity index (χ3v) is 7.22. The molecule has 1 saturated carbocycles. The van der Waals surface area contributed by atoms with E-state index in [0.717, 1.165) is 18.4 Å². The van der Waals surface area contributed by atoms with E-state index in [4.69, 9.17) is 9.47 Å². The van der Waals surface area contributed by atoms with E-state index in [0.29, 0.717) is 39.7 Å². The molecule has 0 radical (unpaired) electrons. The van der Waals surface area contributed by atoms with Crippen LogP contribution in [0.5, 0.6) is 0 Å². The summed E-state index contributed by atoms with van der Waals surface area (Å²) in [7, 11) is 0. The number of ketones is 1. The molecule has 4 aliphatic rings. The molecule has 1 fully saturated rings. The van der Waals surface area contributed by atoms with Crippen LogP contribution in [0, 0.1) is 22.0 Å². The number of hydrogen-bond acceptors (Lipinski definition) is 8. The van der Waals surface area contributed by atoms with Crippen molar-refractivity contribution in [1.82, 2.24) is 4.98 Å². The van der Waals surface area contributed by atoms with Crippen LogP contribution in [0.3, 0.4) is 0 Å². The second-order valence-corrected chi connectivity index (χ2v) is 9.16. The summed E-state index contributed by atoms with van der Waals surface area (Å²) >= 11 is 0.